The fourth-order valence-electron chi connectivity index (χ4n) is 4.21. The van der Waals surface area contributed by atoms with Crippen molar-refractivity contribution in [3.05, 3.63) is 15.6 Å². The van der Waals surface area contributed by atoms with Crippen LogP contribution in [0.25, 0.3) is 0 Å². The van der Waals surface area contributed by atoms with Gasteiger partial charge in [-0.25, -0.2) is 4.98 Å². The molecule has 6 heteroatoms. The zero-order valence-corrected chi connectivity index (χ0v) is 14.0. The van der Waals surface area contributed by atoms with Crippen LogP contribution in [0.4, 0.5) is 0 Å². The van der Waals surface area contributed by atoms with Gasteiger partial charge < -0.3 is 10.1 Å². The lowest BCUT2D eigenvalue weighted by Crippen LogP contribution is -2.42. The number of ether oxygens (including phenoxy) is 1. The summed E-state index contributed by atoms with van der Waals surface area (Å²) in [5.74, 6) is -0.602. The summed E-state index contributed by atoms with van der Waals surface area (Å²) in [6, 6.07) is 0. The van der Waals surface area contributed by atoms with E-state index in [-0.39, 0.29) is 24.2 Å². The second-order valence-corrected chi connectivity index (χ2v) is 8.07. The molecule has 0 aromatic carbocycles. The summed E-state index contributed by atoms with van der Waals surface area (Å²) in [6.07, 6.45) is 8.58. The summed E-state index contributed by atoms with van der Waals surface area (Å²) in [5.41, 5.74) is 0.695. The summed E-state index contributed by atoms with van der Waals surface area (Å²) in [6.45, 7) is 0.470. The van der Waals surface area contributed by atoms with Crippen molar-refractivity contribution in [3.63, 3.8) is 0 Å². The van der Waals surface area contributed by atoms with E-state index in [1.165, 1.54) is 23.4 Å². The molecule has 1 aromatic heterocycles. The van der Waals surface area contributed by atoms with Crippen molar-refractivity contribution in [2.75, 3.05) is 0 Å². The number of esters is 1. The third-order valence-electron chi connectivity index (χ3n) is 5.39. The number of thiazole rings is 1. The number of hydrogen-bond donors (Lipinski definition) is 1. The Morgan fingerprint density at radius 2 is 2.04 bits per heavy atom. The summed E-state index contributed by atoms with van der Waals surface area (Å²) in [5, 5.41) is 3.98. The van der Waals surface area contributed by atoms with Crippen molar-refractivity contribution in [1.82, 2.24) is 10.3 Å². The first-order valence-corrected chi connectivity index (χ1v) is 9.45. The topological polar surface area (TPSA) is 68.3 Å². The maximum absolute atomic E-state index is 12.6. The van der Waals surface area contributed by atoms with E-state index in [2.05, 4.69) is 10.3 Å². The average molecular weight is 334 g/mol. The number of fused-ring (bicyclic) bond motifs is 1. The predicted octanol–water partition coefficient (Wildman–Crippen LogP) is 2.51. The maximum atomic E-state index is 12.6. The van der Waals surface area contributed by atoms with Crippen molar-refractivity contribution < 1.29 is 14.3 Å². The Morgan fingerprint density at radius 1 is 1.26 bits per heavy atom. The molecule has 1 atom stereocenters. The first-order chi connectivity index (χ1) is 11.2. The molecule has 124 valence electrons. The van der Waals surface area contributed by atoms with Gasteiger partial charge in [-0.2, -0.15) is 0 Å². The normalized spacial score (nSPS) is 25.4. The van der Waals surface area contributed by atoms with Crippen LogP contribution in [0.15, 0.2) is 0 Å². The summed E-state index contributed by atoms with van der Waals surface area (Å²) >= 11 is 1.72. The van der Waals surface area contributed by atoms with E-state index in [1.54, 1.807) is 11.3 Å². The fraction of sp³-hybridized carbons (Fsp3) is 0.706. The van der Waals surface area contributed by atoms with Crippen molar-refractivity contribution >= 4 is 23.2 Å². The molecular weight excluding hydrogens is 312 g/mol. The van der Waals surface area contributed by atoms with E-state index < -0.39 is 5.60 Å². The minimum Gasteiger partial charge on any atom is -0.458 e. The zero-order chi connectivity index (χ0) is 15.9. The molecule has 5 nitrogen and oxygen atoms in total. The van der Waals surface area contributed by atoms with Gasteiger partial charge in [0.15, 0.2) is 0 Å². The van der Waals surface area contributed by atoms with Crippen LogP contribution < -0.4 is 5.32 Å². The molecule has 1 unspecified atom stereocenters. The Labute approximate surface area is 139 Å². The van der Waals surface area contributed by atoms with Crippen LogP contribution >= 0.6 is 11.3 Å². The number of aryl methyl sites for hydroxylation is 2. The van der Waals surface area contributed by atoms with Gasteiger partial charge in [0, 0.05) is 4.88 Å². The maximum Gasteiger partial charge on any atom is 0.307 e. The third-order valence-corrected chi connectivity index (χ3v) is 6.55. The van der Waals surface area contributed by atoms with Crippen LogP contribution in [0.5, 0.6) is 0 Å². The third kappa shape index (κ3) is 2.77. The molecule has 1 saturated heterocycles. The number of hydrogen-bond acceptors (Lipinski definition) is 5. The first kappa shape index (κ1) is 15.1. The van der Waals surface area contributed by atoms with E-state index >= 15 is 0 Å². The predicted molar refractivity (Wildman–Crippen MR) is 86.0 cm³/mol. The monoisotopic (exact) mass is 334 g/mol. The Balaban J connectivity index is 1.41. The summed E-state index contributed by atoms with van der Waals surface area (Å²) in [4.78, 5) is 30.4. The number of carbonyl (C=O) groups excluding carboxylic acids is 2. The molecule has 2 fully saturated rings. The molecule has 23 heavy (non-hydrogen) atoms. The highest BCUT2D eigenvalue weighted by Crippen LogP contribution is 2.45. The van der Waals surface area contributed by atoms with Crippen LogP contribution in [0, 0.1) is 5.92 Å². The highest BCUT2D eigenvalue weighted by atomic mass is 32.1. The Bertz CT molecular complexity index is 610. The van der Waals surface area contributed by atoms with Gasteiger partial charge in [-0.1, -0.05) is 0 Å². The molecule has 2 heterocycles. The van der Waals surface area contributed by atoms with Crippen molar-refractivity contribution in [3.8, 4) is 0 Å². The highest BCUT2D eigenvalue weighted by Gasteiger charge is 2.53. The minimum absolute atomic E-state index is 0.0501. The standard InChI is InChI=1S/C17H22N2O3S/c20-15-9-11(17(22-15)7-3-4-8-17)16(21)18-10-14-19-12-5-1-2-6-13(12)23-14/h11H,1-10H2,(H,18,21). The molecule has 2 aliphatic carbocycles. The molecule has 3 aliphatic rings. The number of nitrogens with zero attached hydrogens (tertiary/aromatic N) is 1. The van der Waals surface area contributed by atoms with Crippen LogP contribution in [-0.4, -0.2) is 22.5 Å². The van der Waals surface area contributed by atoms with Gasteiger partial charge in [-0.05, 0) is 51.4 Å². The SMILES string of the molecule is O=C1CC(C(=O)NCc2nc3c(s2)CCCC3)C2(CCCC2)O1. The smallest absolute Gasteiger partial charge is 0.307 e. The molecule has 1 saturated carbocycles. The lowest BCUT2D eigenvalue weighted by Gasteiger charge is -2.27. The van der Waals surface area contributed by atoms with Gasteiger partial charge in [-0.3, -0.25) is 9.59 Å². The first-order valence-electron chi connectivity index (χ1n) is 8.63. The lowest BCUT2D eigenvalue weighted by atomic mass is 9.85. The molecule has 1 N–H and O–H groups in total. The Hall–Kier alpha value is -1.43. The summed E-state index contributed by atoms with van der Waals surface area (Å²) < 4.78 is 5.55. The van der Waals surface area contributed by atoms with E-state index in [0.717, 1.165) is 43.5 Å². The van der Waals surface area contributed by atoms with Gasteiger partial charge in [0.1, 0.15) is 10.6 Å². The largest absolute Gasteiger partial charge is 0.458 e. The fourth-order valence-corrected chi connectivity index (χ4v) is 5.31. The molecule has 1 amide bonds. The second-order valence-electron chi connectivity index (χ2n) is 6.91. The number of amides is 1. The van der Waals surface area contributed by atoms with Gasteiger partial charge in [0.05, 0.1) is 24.6 Å². The van der Waals surface area contributed by atoms with Gasteiger partial charge in [0.25, 0.3) is 0 Å². The van der Waals surface area contributed by atoms with Crippen molar-refractivity contribution in [2.24, 2.45) is 5.92 Å². The molecule has 0 radical (unpaired) electrons. The van der Waals surface area contributed by atoms with Crippen LogP contribution in [0.3, 0.4) is 0 Å². The molecule has 1 aromatic rings. The van der Waals surface area contributed by atoms with Gasteiger partial charge in [0.2, 0.25) is 5.91 Å². The van der Waals surface area contributed by atoms with Crippen LogP contribution in [0.1, 0.15) is 60.5 Å². The van der Waals surface area contributed by atoms with Crippen molar-refractivity contribution in [2.45, 2.75) is 69.9 Å². The Kier molecular flexibility index (Phi) is 3.87. The Morgan fingerprint density at radius 3 is 2.83 bits per heavy atom. The molecular formula is C17H22N2O3S. The zero-order valence-electron chi connectivity index (χ0n) is 13.2. The average Bonchev–Trinajstić information content (AvgIpc) is 3.24. The van der Waals surface area contributed by atoms with Gasteiger partial charge >= 0.3 is 5.97 Å². The number of nitrogens with one attached hydrogen (secondary N) is 1. The van der Waals surface area contributed by atoms with Crippen molar-refractivity contribution in [1.29, 1.82) is 0 Å². The number of rotatable bonds is 3. The van der Waals surface area contributed by atoms with Crippen LogP contribution in [0.2, 0.25) is 0 Å². The van der Waals surface area contributed by atoms with E-state index in [1.807, 2.05) is 0 Å². The summed E-state index contributed by atoms with van der Waals surface area (Å²) in [7, 11) is 0. The van der Waals surface area contributed by atoms with Crippen LogP contribution in [-0.2, 0) is 33.7 Å². The molecule has 1 aliphatic heterocycles. The second kappa shape index (κ2) is 5.89. The number of carbonyl (C=O) groups is 2. The van der Waals surface area contributed by atoms with E-state index in [9.17, 15) is 9.59 Å². The minimum atomic E-state index is -0.525. The number of aromatic nitrogens is 1. The molecule has 0 bridgehead atoms. The molecule has 4 rings (SSSR count). The molecule has 1 spiro atoms. The van der Waals surface area contributed by atoms with E-state index in [0.29, 0.717) is 6.54 Å². The van der Waals surface area contributed by atoms with Gasteiger partial charge in [-0.15, -0.1) is 11.3 Å². The lowest BCUT2D eigenvalue weighted by molar-refractivity contribution is -0.149. The highest BCUT2D eigenvalue weighted by molar-refractivity contribution is 7.11. The van der Waals surface area contributed by atoms with E-state index in [4.69, 9.17) is 4.74 Å². The quantitative estimate of drug-likeness (QED) is 0.863.